The molecule has 0 aliphatic carbocycles. The van der Waals surface area contributed by atoms with Crippen molar-refractivity contribution in [2.24, 2.45) is 5.73 Å². The molecule has 4 nitrogen and oxygen atoms in total. The van der Waals surface area contributed by atoms with Crippen LogP contribution in [-0.4, -0.2) is 17.1 Å². The molecule has 1 unspecified atom stereocenters. The van der Waals surface area contributed by atoms with Crippen LogP contribution in [0, 0.1) is 0 Å². The highest BCUT2D eigenvalue weighted by molar-refractivity contribution is 5.82. The highest BCUT2D eigenvalue weighted by Gasteiger charge is 2.15. The molecule has 2 aromatic rings. The van der Waals surface area contributed by atoms with E-state index in [0.29, 0.717) is 0 Å². The molecule has 1 aromatic heterocycles. The standard InChI is InChI=1S/C11H11NO3.C2H6/c12-9(11(13)14)5-7-6-15-10-4-2-1-3-8(7)10;1-2/h1-4,6,9H,5,12H2,(H,13,14);1-2H3. The number of rotatable bonds is 3. The van der Waals surface area contributed by atoms with Crippen LogP contribution in [0.15, 0.2) is 34.9 Å². The molecule has 0 spiro atoms. The first-order valence-corrected chi connectivity index (χ1v) is 5.62. The predicted molar refractivity (Wildman–Crippen MR) is 66.9 cm³/mol. The Morgan fingerprint density at radius 1 is 1.41 bits per heavy atom. The number of carboxylic acid groups (broad SMARTS) is 1. The predicted octanol–water partition coefficient (Wildman–Crippen LogP) is 2.41. The number of hydrogen-bond donors (Lipinski definition) is 2. The van der Waals surface area contributed by atoms with E-state index in [9.17, 15) is 4.79 Å². The Morgan fingerprint density at radius 2 is 2.06 bits per heavy atom. The van der Waals surface area contributed by atoms with E-state index < -0.39 is 12.0 Å². The molecule has 2 rings (SSSR count). The van der Waals surface area contributed by atoms with Gasteiger partial charge in [0, 0.05) is 17.4 Å². The molecule has 0 saturated heterocycles. The van der Waals surface area contributed by atoms with Gasteiger partial charge in [0.15, 0.2) is 0 Å². The van der Waals surface area contributed by atoms with Gasteiger partial charge in [0.25, 0.3) is 0 Å². The lowest BCUT2D eigenvalue weighted by Gasteiger charge is -2.03. The summed E-state index contributed by atoms with van der Waals surface area (Å²) in [6, 6.07) is 6.60. The van der Waals surface area contributed by atoms with Gasteiger partial charge in [0.2, 0.25) is 0 Å². The van der Waals surface area contributed by atoms with Crippen LogP contribution in [0.2, 0.25) is 0 Å². The minimum absolute atomic E-state index is 0.284. The fourth-order valence-electron chi connectivity index (χ4n) is 1.52. The molecule has 1 heterocycles. The van der Waals surface area contributed by atoms with Gasteiger partial charge in [-0.25, -0.2) is 0 Å². The summed E-state index contributed by atoms with van der Waals surface area (Å²) in [5.41, 5.74) is 7.05. The number of carbonyl (C=O) groups is 1. The maximum absolute atomic E-state index is 10.6. The monoisotopic (exact) mass is 235 g/mol. The van der Waals surface area contributed by atoms with Crippen molar-refractivity contribution in [1.82, 2.24) is 0 Å². The van der Waals surface area contributed by atoms with E-state index in [0.717, 1.165) is 16.5 Å². The third-order valence-corrected chi connectivity index (χ3v) is 2.32. The number of fused-ring (bicyclic) bond motifs is 1. The molecule has 4 heteroatoms. The molecule has 0 aliphatic rings. The Hall–Kier alpha value is -1.81. The maximum atomic E-state index is 10.6. The van der Waals surface area contributed by atoms with Crippen LogP contribution in [0.4, 0.5) is 0 Å². The number of aliphatic carboxylic acids is 1. The Kier molecular flexibility index (Phi) is 4.72. The zero-order chi connectivity index (χ0) is 12.8. The molecule has 0 bridgehead atoms. The second kappa shape index (κ2) is 6.06. The number of benzene rings is 1. The van der Waals surface area contributed by atoms with Crippen molar-refractivity contribution in [3.63, 3.8) is 0 Å². The topological polar surface area (TPSA) is 76.5 Å². The number of carboxylic acids is 1. The molecule has 1 aromatic carbocycles. The summed E-state index contributed by atoms with van der Waals surface area (Å²) in [6.45, 7) is 4.00. The van der Waals surface area contributed by atoms with Gasteiger partial charge in [-0.3, -0.25) is 4.79 Å². The summed E-state index contributed by atoms with van der Waals surface area (Å²) < 4.78 is 5.28. The third kappa shape index (κ3) is 3.07. The van der Waals surface area contributed by atoms with Crippen LogP contribution in [-0.2, 0) is 11.2 Å². The first kappa shape index (κ1) is 13.3. The largest absolute Gasteiger partial charge is 0.480 e. The number of furan rings is 1. The fraction of sp³-hybridized carbons (Fsp3) is 0.308. The SMILES string of the molecule is CC.NC(Cc1coc2ccccc12)C(=O)O. The van der Waals surface area contributed by atoms with E-state index in [4.69, 9.17) is 15.3 Å². The Morgan fingerprint density at radius 3 is 2.71 bits per heavy atom. The highest BCUT2D eigenvalue weighted by atomic mass is 16.4. The smallest absolute Gasteiger partial charge is 0.320 e. The fourth-order valence-corrected chi connectivity index (χ4v) is 1.52. The maximum Gasteiger partial charge on any atom is 0.320 e. The molecule has 3 N–H and O–H groups in total. The molecule has 1 atom stereocenters. The minimum atomic E-state index is -1.000. The second-order valence-electron chi connectivity index (χ2n) is 3.41. The molecule has 17 heavy (non-hydrogen) atoms. The van der Waals surface area contributed by atoms with Crippen molar-refractivity contribution < 1.29 is 14.3 Å². The summed E-state index contributed by atoms with van der Waals surface area (Å²) in [6.07, 6.45) is 1.85. The molecular weight excluding hydrogens is 218 g/mol. The van der Waals surface area contributed by atoms with Crippen LogP contribution in [0.25, 0.3) is 11.0 Å². The van der Waals surface area contributed by atoms with Crippen molar-refractivity contribution in [3.8, 4) is 0 Å². The van der Waals surface area contributed by atoms with Crippen LogP contribution < -0.4 is 5.73 Å². The number of nitrogens with two attached hydrogens (primary N) is 1. The second-order valence-corrected chi connectivity index (χ2v) is 3.41. The van der Waals surface area contributed by atoms with Gasteiger partial charge in [-0.05, 0) is 6.07 Å². The lowest BCUT2D eigenvalue weighted by Crippen LogP contribution is -2.32. The van der Waals surface area contributed by atoms with Crippen LogP contribution in [0.3, 0.4) is 0 Å². The van der Waals surface area contributed by atoms with Crippen LogP contribution in [0.1, 0.15) is 19.4 Å². The highest BCUT2D eigenvalue weighted by Crippen LogP contribution is 2.21. The van der Waals surface area contributed by atoms with E-state index in [1.807, 2.05) is 38.1 Å². The number of hydrogen-bond acceptors (Lipinski definition) is 3. The Labute approximate surface area is 100 Å². The average Bonchev–Trinajstić information content (AvgIpc) is 2.75. The summed E-state index contributed by atoms with van der Waals surface area (Å²) in [5.74, 6) is -1.000. The lowest BCUT2D eigenvalue weighted by atomic mass is 10.1. The van der Waals surface area contributed by atoms with E-state index >= 15 is 0 Å². The van der Waals surface area contributed by atoms with Gasteiger partial charge < -0.3 is 15.3 Å². The van der Waals surface area contributed by atoms with Gasteiger partial charge in [0.05, 0.1) is 6.26 Å². The van der Waals surface area contributed by atoms with Crippen LogP contribution >= 0.6 is 0 Å². The van der Waals surface area contributed by atoms with Crippen molar-refractivity contribution >= 4 is 16.9 Å². The molecule has 0 amide bonds. The van der Waals surface area contributed by atoms with E-state index in [1.165, 1.54) is 0 Å². The molecule has 92 valence electrons. The van der Waals surface area contributed by atoms with Crippen LogP contribution in [0.5, 0.6) is 0 Å². The van der Waals surface area contributed by atoms with E-state index in [-0.39, 0.29) is 6.42 Å². The van der Waals surface area contributed by atoms with E-state index in [2.05, 4.69) is 0 Å². The number of para-hydroxylation sites is 1. The van der Waals surface area contributed by atoms with Crippen molar-refractivity contribution in [3.05, 3.63) is 36.1 Å². The van der Waals surface area contributed by atoms with Gasteiger partial charge in [0.1, 0.15) is 11.6 Å². The summed E-state index contributed by atoms with van der Waals surface area (Å²) in [5, 5.41) is 9.62. The van der Waals surface area contributed by atoms with Gasteiger partial charge in [-0.15, -0.1) is 0 Å². The summed E-state index contributed by atoms with van der Waals surface area (Å²) in [4.78, 5) is 10.6. The quantitative estimate of drug-likeness (QED) is 0.856. The first-order valence-electron chi connectivity index (χ1n) is 5.62. The molecular formula is C13H17NO3. The zero-order valence-corrected chi connectivity index (χ0v) is 10.0. The third-order valence-electron chi connectivity index (χ3n) is 2.32. The lowest BCUT2D eigenvalue weighted by molar-refractivity contribution is -0.138. The van der Waals surface area contributed by atoms with Crippen molar-refractivity contribution in [2.75, 3.05) is 0 Å². The molecule has 0 saturated carbocycles. The van der Waals surface area contributed by atoms with Crippen molar-refractivity contribution in [1.29, 1.82) is 0 Å². The summed E-state index contributed by atoms with van der Waals surface area (Å²) >= 11 is 0. The van der Waals surface area contributed by atoms with E-state index in [1.54, 1.807) is 6.26 Å². The molecule has 0 radical (unpaired) electrons. The van der Waals surface area contributed by atoms with Gasteiger partial charge in [-0.2, -0.15) is 0 Å². The minimum Gasteiger partial charge on any atom is -0.480 e. The Balaban J connectivity index is 0.000000686. The Bertz CT molecular complexity index is 490. The normalized spacial score (nSPS) is 11.7. The molecule has 0 aliphatic heterocycles. The first-order chi connectivity index (χ1) is 8.18. The summed E-state index contributed by atoms with van der Waals surface area (Å²) in [7, 11) is 0. The average molecular weight is 235 g/mol. The van der Waals surface area contributed by atoms with Gasteiger partial charge >= 0.3 is 5.97 Å². The van der Waals surface area contributed by atoms with Gasteiger partial charge in [-0.1, -0.05) is 32.0 Å². The molecule has 0 fully saturated rings. The van der Waals surface area contributed by atoms with Crippen molar-refractivity contribution in [2.45, 2.75) is 26.3 Å². The zero-order valence-electron chi connectivity index (χ0n) is 10.0.